The topological polar surface area (TPSA) is 38.3 Å². The zero-order valence-corrected chi connectivity index (χ0v) is 5.76. The number of hydrogen-bond donors (Lipinski definition) is 1. The molecule has 0 saturated carbocycles. The van der Waals surface area contributed by atoms with Crippen molar-refractivity contribution < 1.29 is 9.53 Å². The number of ether oxygens (including phenoxy) is 1. The Bertz CT molecular complexity index is 296. The van der Waals surface area contributed by atoms with E-state index >= 15 is 0 Å². The fourth-order valence-electron chi connectivity index (χ4n) is 0.997. The van der Waals surface area contributed by atoms with Crippen LogP contribution in [0.15, 0.2) is 18.2 Å². The Kier molecular flexibility index (Phi) is 1.28. The van der Waals surface area contributed by atoms with Crippen LogP contribution in [-0.4, -0.2) is 12.6 Å². The monoisotopic (exact) mass is 148 g/mol. The van der Waals surface area contributed by atoms with Crippen LogP contribution in [0.25, 0.3) is 0 Å². The van der Waals surface area contributed by atoms with Gasteiger partial charge in [-0.15, -0.1) is 0 Å². The lowest BCUT2D eigenvalue weighted by Gasteiger charge is -2.16. The molecule has 0 fully saturated rings. The van der Waals surface area contributed by atoms with Gasteiger partial charge in [0.05, 0.1) is 5.56 Å². The fourth-order valence-corrected chi connectivity index (χ4v) is 0.997. The van der Waals surface area contributed by atoms with Gasteiger partial charge in [-0.3, -0.25) is 4.79 Å². The number of carbonyl (C=O) groups is 1. The van der Waals surface area contributed by atoms with Crippen molar-refractivity contribution in [1.82, 2.24) is 5.32 Å². The smallest absolute Gasteiger partial charge is 0.257 e. The van der Waals surface area contributed by atoms with Crippen LogP contribution in [0.3, 0.4) is 0 Å². The minimum Gasteiger partial charge on any atom is -0.472 e. The molecule has 1 aliphatic rings. The van der Waals surface area contributed by atoms with Gasteiger partial charge in [0, 0.05) is 0 Å². The summed E-state index contributed by atoms with van der Waals surface area (Å²) in [5, 5.41) is 2.56. The van der Waals surface area contributed by atoms with Crippen LogP contribution in [0, 0.1) is 6.07 Å². The molecule has 2 rings (SSSR count). The third-order valence-electron chi connectivity index (χ3n) is 1.53. The molecule has 1 radical (unpaired) electrons. The predicted molar refractivity (Wildman–Crippen MR) is 38.2 cm³/mol. The Labute approximate surface area is 64.0 Å². The van der Waals surface area contributed by atoms with Crippen molar-refractivity contribution >= 4 is 5.91 Å². The molecule has 3 heteroatoms. The highest BCUT2D eigenvalue weighted by Gasteiger charge is 2.15. The van der Waals surface area contributed by atoms with Crippen molar-refractivity contribution in [3.63, 3.8) is 0 Å². The van der Waals surface area contributed by atoms with Gasteiger partial charge in [0.15, 0.2) is 6.73 Å². The van der Waals surface area contributed by atoms with E-state index in [0.29, 0.717) is 11.3 Å². The highest BCUT2D eigenvalue weighted by Crippen LogP contribution is 2.19. The largest absolute Gasteiger partial charge is 0.472 e. The maximum absolute atomic E-state index is 11.1. The van der Waals surface area contributed by atoms with Gasteiger partial charge in [0.1, 0.15) is 5.75 Å². The number of nitrogens with one attached hydrogen (secondary N) is 1. The molecule has 1 aromatic carbocycles. The minimum atomic E-state index is -0.0831. The average Bonchev–Trinajstić information content (AvgIpc) is 2.06. The molecule has 0 spiro atoms. The van der Waals surface area contributed by atoms with E-state index in [1.165, 1.54) is 0 Å². The molecule has 1 amide bonds. The van der Waals surface area contributed by atoms with E-state index in [1.807, 2.05) is 0 Å². The Morgan fingerprint density at radius 1 is 1.64 bits per heavy atom. The summed E-state index contributed by atoms with van der Waals surface area (Å²) in [6.45, 7) is 0.254. The molecule has 0 unspecified atom stereocenters. The second-order valence-corrected chi connectivity index (χ2v) is 2.22. The van der Waals surface area contributed by atoms with E-state index < -0.39 is 0 Å². The van der Waals surface area contributed by atoms with Crippen molar-refractivity contribution in [3.05, 3.63) is 29.8 Å². The first-order valence-corrected chi connectivity index (χ1v) is 3.29. The van der Waals surface area contributed by atoms with Gasteiger partial charge in [-0.05, 0) is 18.2 Å². The van der Waals surface area contributed by atoms with Crippen LogP contribution in [0.2, 0.25) is 0 Å². The second kappa shape index (κ2) is 2.27. The van der Waals surface area contributed by atoms with Crippen molar-refractivity contribution in [2.24, 2.45) is 0 Å². The van der Waals surface area contributed by atoms with Crippen LogP contribution in [0.5, 0.6) is 5.75 Å². The summed E-state index contributed by atoms with van der Waals surface area (Å²) in [5.74, 6) is 0.525. The summed E-state index contributed by atoms with van der Waals surface area (Å²) in [5.41, 5.74) is 0.579. The maximum atomic E-state index is 11.1. The lowest BCUT2D eigenvalue weighted by Crippen LogP contribution is -2.32. The first-order valence-electron chi connectivity index (χ1n) is 3.29. The van der Waals surface area contributed by atoms with E-state index in [4.69, 9.17) is 4.74 Å². The molecule has 0 bridgehead atoms. The summed E-state index contributed by atoms with van der Waals surface area (Å²) in [7, 11) is 0. The van der Waals surface area contributed by atoms with Crippen molar-refractivity contribution in [3.8, 4) is 5.75 Å². The van der Waals surface area contributed by atoms with E-state index in [-0.39, 0.29) is 12.6 Å². The predicted octanol–water partition coefficient (Wildman–Crippen LogP) is 0.566. The van der Waals surface area contributed by atoms with E-state index in [1.54, 1.807) is 18.2 Å². The molecular formula is C8H6NO2. The molecule has 0 aliphatic carbocycles. The Morgan fingerprint density at radius 3 is 3.36 bits per heavy atom. The number of carbonyl (C=O) groups excluding carboxylic acids is 1. The lowest BCUT2D eigenvalue weighted by atomic mass is 10.2. The third-order valence-corrected chi connectivity index (χ3v) is 1.53. The first-order chi connectivity index (χ1) is 5.38. The zero-order chi connectivity index (χ0) is 7.68. The van der Waals surface area contributed by atoms with Gasteiger partial charge in [-0.2, -0.15) is 0 Å². The van der Waals surface area contributed by atoms with E-state index in [2.05, 4.69) is 11.4 Å². The van der Waals surface area contributed by atoms with Crippen LogP contribution in [0.4, 0.5) is 0 Å². The number of fused-ring (bicyclic) bond motifs is 1. The molecule has 11 heavy (non-hydrogen) atoms. The SMILES string of the molecule is O=C1NCOc2c[c]ccc21. The molecule has 1 aromatic rings. The molecule has 0 aromatic heterocycles. The number of benzene rings is 1. The highest BCUT2D eigenvalue weighted by atomic mass is 16.5. The summed E-state index contributed by atoms with van der Waals surface area (Å²) in [4.78, 5) is 11.1. The van der Waals surface area contributed by atoms with Gasteiger partial charge in [0.2, 0.25) is 0 Å². The van der Waals surface area contributed by atoms with Crippen LogP contribution in [-0.2, 0) is 0 Å². The molecule has 0 saturated heterocycles. The molecule has 1 N–H and O–H groups in total. The van der Waals surface area contributed by atoms with Crippen LogP contribution < -0.4 is 10.1 Å². The second-order valence-electron chi connectivity index (χ2n) is 2.22. The first kappa shape index (κ1) is 6.22. The van der Waals surface area contributed by atoms with Crippen LogP contribution >= 0.6 is 0 Å². The molecule has 3 nitrogen and oxygen atoms in total. The molecular weight excluding hydrogens is 142 g/mol. The Balaban J connectivity index is 2.52. The highest BCUT2D eigenvalue weighted by molar-refractivity contribution is 5.97. The van der Waals surface area contributed by atoms with Gasteiger partial charge >= 0.3 is 0 Å². The van der Waals surface area contributed by atoms with Gasteiger partial charge in [-0.25, -0.2) is 0 Å². The quantitative estimate of drug-likeness (QED) is 0.584. The molecule has 55 valence electrons. The van der Waals surface area contributed by atoms with E-state index in [0.717, 1.165) is 0 Å². The summed E-state index contributed by atoms with van der Waals surface area (Å²) < 4.78 is 5.13. The standard InChI is InChI=1S/C8H6NO2/c10-8-6-3-1-2-4-7(6)11-5-9-8/h1,3-4H,5H2,(H,9,10). The number of hydrogen-bond acceptors (Lipinski definition) is 2. The zero-order valence-electron chi connectivity index (χ0n) is 5.76. The average molecular weight is 148 g/mol. The van der Waals surface area contributed by atoms with Crippen molar-refractivity contribution in [1.29, 1.82) is 0 Å². The normalized spacial score (nSPS) is 14.7. The third kappa shape index (κ3) is 0.941. The van der Waals surface area contributed by atoms with Gasteiger partial charge < -0.3 is 10.1 Å². The van der Waals surface area contributed by atoms with E-state index in [9.17, 15) is 4.79 Å². The number of amides is 1. The summed E-state index contributed by atoms with van der Waals surface area (Å²) >= 11 is 0. The summed E-state index contributed by atoms with van der Waals surface area (Å²) in [6.07, 6.45) is 0. The van der Waals surface area contributed by atoms with Crippen molar-refractivity contribution in [2.75, 3.05) is 6.73 Å². The maximum Gasteiger partial charge on any atom is 0.257 e. The van der Waals surface area contributed by atoms with Gasteiger partial charge in [0.25, 0.3) is 5.91 Å². The molecule has 0 atom stereocenters. The minimum absolute atomic E-state index is 0.0831. The summed E-state index contributed by atoms with van der Waals surface area (Å²) in [6, 6.07) is 7.87. The molecule has 1 heterocycles. The molecule has 1 aliphatic heterocycles. The van der Waals surface area contributed by atoms with Crippen molar-refractivity contribution in [2.45, 2.75) is 0 Å². The fraction of sp³-hybridized carbons (Fsp3) is 0.125. The van der Waals surface area contributed by atoms with Crippen LogP contribution in [0.1, 0.15) is 10.4 Å². The number of rotatable bonds is 0. The Morgan fingerprint density at radius 2 is 2.55 bits per heavy atom. The Hall–Kier alpha value is -1.51. The lowest BCUT2D eigenvalue weighted by molar-refractivity contribution is 0.0883. The van der Waals surface area contributed by atoms with Gasteiger partial charge in [-0.1, -0.05) is 6.07 Å².